The number of fused-ring (bicyclic) bond motifs is 1. The molecule has 11 nitrogen and oxygen atoms in total. The molecular weight excluding hydrogens is 462 g/mol. The van der Waals surface area contributed by atoms with E-state index in [1.807, 2.05) is 6.92 Å². The molecule has 12 heteroatoms. The smallest absolute Gasteiger partial charge is 0.416 e. The quantitative estimate of drug-likeness (QED) is 0.467. The summed E-state index contributed by atoms with van der Waals surface area (Å²) in [5.74, 6) is -0.774. The first-order valence-electron chi connectivity index (χ1n) is 10.7. The van der Waals surface area contributed by atoms with Crippen molar-refractivity contribution in [3.8, 4) is 0 Å². The molecule has 1 unspecified atom stereocenters. The molecule has 2 N–H and O–H groups in total. The number of carboxylic acid groups (broad SMARTS) is 1. The number of hydrogen-bond donors (Lipinski definition) is 2. The first-order valence-corrected chi connectivity index (χ1v) is 12.2. The van der Waals surface area contributed by atoms with Crippen LogP contribution in [0.3, 0.4) is 0 Å². The van der Waals surface area contributed by atoms with Gasteiger partial charge < -0.3 is 9.84 Å². The van der Waals surface area contributed by atoms with E-state index in [1.54, 1.807) is 39.8 Å². The van der Waals surface area contributed by atoms with E-state index >= 15 is 0 Å². The second-order valence-corrected chi connectivity index (χ2v) is 10.9. The van der Waals surface area contributed by atoms with Crippen molar-refractivity contribution in [3.05, 3.63) is 41.6 Å². The third kappa shape index (κ3) is 5.22. The van der Waals surface area contributed by atoms with Gasteiger partial charge in [-0.15, -0.1) is 0 Å². The number of aliphatic carboxylic acids is 1. The van der Waals surface area contributed by atoms with Crippen molar-refractivity contribution in [2.45, 2.75) is 58.1 Å². The Bertz CT molecular complexity index is 1210. The molecule has 1 atom stereocenters. The zero-order valence-electron chi connectivity index (χ0n) is 19.8. The molecular formula is C22H29N5O6S. The van der Waals surface area contributed by atoms with Crippen LogP contribution in [0.2, 0.25) is 0 Å². The number of sulfonamides is 1. The highest BCUT2D eigenvalue weighted by Gasteiger charge is 2.47. The van der Waals surface area contributed by atoms with E-state index in [4.69, 9.17) is 4.74 Å². The Balaban J connectivity index is 1.94. The molecule has 1 aliphatic rings. The van der Waals surface area contributed by atoms with Gasteiger partial charge in [-0.3, -0.25) is 9.69 Å². The molecule has 1 aromatic carbocycles. The highest BCUT2D eigenvalue weighted by atomic mass is 32.2. The van der Waals surface area contributed by atoms with Crippen molar-refractivity contribution < 1.29 is 27.9 Å². The van der Waals surface area contributed by atoms with Crippen LogP contribution in [0.15, 0.2) is 40.5 Å². The van der Waals surface area contributed by atoms with Crippen LogP contribution in [0.5, 0.6) is 0 Å². The number of amides is 1. The van der Waals surface area contributed by atoms with E-state index in [0.29, 0.717) is 5.56 Å². The lowest BCUT2D eigenvalue weighted by Crippen LogP contribution is -2.53. The molecule has 34 heavy (non-hydrogen) atoms. The highest BCUT2D eigenvalue weighted by Crippen LogP contribution is 2.37. The average Bonchev–Trinajstić information content (AvgIpc) is 3.14. The molecule has 0 aliphatic carbocycles. The number of carbonyl (C=O) groups is 2. The van der Waals surface area contributed by atoms with Gasteiger partial charge in [0.15, 0.2) is 0 Å². The number of aryl methyl sites for hydroxylation is 1. The predicted molar refractivity (Wildman–Crippen MR) is 125 cm³/mol. The molecule has 0 saturated carbocycles. The van der Waals surface area contributed by atoms with Crippen LogP contribution < -0.4 is 9.73 Å². The van der Waals surface area contributed by atoms with Crippen molar-refractivity contribution in [1.29, 1.82) is 0 Å². The fourth-order valence-corrected chi connectivity index (χ4v) is 4.31. The molecule has 0 bridgehead atoms. The molecule has 184 valence electrons. The van der Waals surface area contributed by atoms with Crippen molar-refractivity contribution >= 4 is 34.1 Å². The monoisotopic (exact) mass is 491 g/mol. The Morgan fingerprint density at radius 1 is 1.26 bits per heavy atom. The molecule has 3 rings (SSSR count). The summed E-state index contributed by atoms with van der Waals surface area (Å²) in [6.45, 7) is 8.61. The number of hydrogen-bond acceptors (Lipinski definition) is 7. The minimum Gasteiger partial charge on any atom is -0.481 e. The topological polar surface area (TPSA) is 143 Å². The Morgan fingerprint density at radius 3 is 2.47 bits per heavy atom. The second-order valence-electron chi connectivity index (χ2n) is 9.25. The molecule has 0 saturated heterocycles. The number of hydrazone groups is 1. The van der Waals surface area contributed by atoms with Gasteiger partial charge in [-0.1, -0.05) is 24.6 Å². The molecule has 1 amide bonds. The SMILES string of the molecule is CCC1(C(=O)O)CN(C(=O)OC(C)(C)C)c2c(/C=N\NS(=O)(=O)c3ccc(C)cc3)cnn2C1. The zero-order chi connectivity index (χ0) is 25.3. The number of aromatic nitrogens is 2. The maximum absolute atomic E-state index is 13.0. The molecule has 0 fully saturated rings. The average molecular weight is 492 g/mol. The Hall–Kier alpha value is -3.41. The van der Waals surface area contributed by atoms with Crippen LogP contribution in [-0.4, -0.2) is 53.7 Å². The number of benzene rings is 1. The third-order valence-electron chi connectivity index (χ3n) is 5.46. The van der Waals surface area contributed by atoms with E-state index in [-0.39, 0.29) is 30.2 Å². The van der Waals surface area contributed by atoms with Gasteiger partial charge in [-0.25, -0.2) is 14.3 Å². The summed E-state index contributed by atoms with van der Waals surface area (Å²) in [4.78, 5) is 28.5. The number of nitrogens with one attached hydrogen (secondary N) is 1. The standard InChI is InChI=1S/C22H29N5O6S/c1-6-22(19(28)29)13-26(20(30)33-21(3,4)5)18-16(12-24-27(18)14-22)11-23-25-34(31,32)17-9-7-15(2)8-10-17/h7-12,25H,6,13-14H2,1-5H3,(H,28,29)/b23-11-. The van der Waals surface area contributed by atoms with Gasteiger partial charge in [0, 0.05) is 6.54 Å². The van der Waals surface area contributed by atoms with E-state index in [2.05, 4.69) is 15.0 Å². The maximum atomic E-state index is 13.0. The van der Waals surface area contributed by atoms with E-state index in [0.717, 1.165) is 5.56 Å². The summed E-state index contributed by atoms with van der Waals surface area (Å²) in [5, 5.41) is 18.0. The van der Waals surface area contributed by atoms with Gasteiger partial charge in [-0.2, -0.15) is 18.6 Å². The van der Waals surface area contributed by atoms with Crippen LogP contribution in [0.4, 0.5) is 10.6 Å². The molecule has 2 aromatic rings. The largest absolute Gasteiger partial charge is 0.481 e. The fraction of sp³-hybridized carbons (Fsp3) is 0.455. The van der Waals surface area contributed by atoms with Crippen molar-refractivity contribution in [2.75, 3.05) is 11.4 Å². The van der Waals surface area contributed by atoms with Crippen LogP contribution in [0.1, 0.15) is 45.2 Å². The molecule has 1 aliphatic heterocycles. The van der Waals surface area contributed by atoms with Crippen molar-refractivity contribution in [2.24, 2.45) is 10.5 Å². The lowest BCUT2D eigenvalue weighted by atomic mass is 9.83. The van der Waals surface area contributed by atoms with Crippen LogP contribution in [-0.2, 0) is 26.1 Å². The molecule has 1 aromatic heterocycles. The Morgan fingerprint density at radius 2 is 1.91 bits per heavy atom. The Kier molecular flexibility index (Phi) is 6.74. The van der Waals surface area contributed by atoms with Gasteiger partial charge in [0.2, 0.25) is 0 Å². The number of carboxylic acids is 1. The lowest BCUT2D eigenvalue weighted by Gasteiger charge is -2.40. The number of carbonyl (C=O) groups excluding carboxylic acids is 1. The Labute approximate surface area is 198 Å². The van der Waals surface area contributed by atoms with Crippen molar-refractivity contribution in [1.82, 2.24) is 14.6 Å². The first kappa shape index (κ1) is 25.2. The van der Waals surface area contributed by atoms with E-state index < -0.39 is 33.1 Å². The lowest BCUT2D eigenvalue weighted by molar-refractivity contribution is -0.150. The predicted octanol–water partition coefficient (Wildman–Crippen LogP) is 2.74. The molecule has 2 heterocycles. The van der Waals surface area contributed by atoms with Crippen molar-refractivity contribution in [3.63, 3.8) is 0 Å². The normalized spacial score (nSPS) is 18.6. The summed E-state index contributed by atoms with van der Waals surface area (Å²) in [7, 11) is -3.90. The molecule has 0 spiro atoms. The number of anilines is 1. The van der Waals surface area contributed by atoms with Gasteiger partial charge in [0.05, 0.1) is 29.4 Å². The van der Waals surface area contributed by atoms with Crippen LogP contribution in [0, 0.1) is 12.3 Å². The van der Waals surface area contributed by atoms with Gasteiger partial charge >= 0.3 is 12.1 Å². The van der Waals surface area contributed by atoms with Gasteiger partial charge in [-0.05, 0) is 46.2 Å². The van der Waals surface area contributed by atoms with Gasteiger partial charge in [0.25, 0.3) is 10.0 Å². The number of nitrogens with zero attached hydrogens (tertiary/aromatic N) is 4. The fourth-order valence-electron chi connectivity index (χ4n) is 3.52. The van der Waals surface area contributed by atoms with Crippen LogP contribution in [0.25, 0.3) is 0 Å². The van der Waals surface area contributed by atoms with Crippen LogP contribution >= 0.6 is 0 Å². The minimum absolute atomic E-state index is 0.0381. The zero-order valence-corrected chi connectivity index (χ0v) is 20.6. The highest BCUT2D eigenvalue weighted by molar-refractivity contribution is 7.89. The number of ether oxygens (including phenoxy) is 1. The number of rotatable bonds is 6. The summed E-state index contributed by atoms with van der Waals surface area (Å²) in [6, 6.07) is 6.28. The van der Waals surface area contributed by atoms with E-state index in [1.165, 1.54) is 34.1 Å². The first-order chi connectivity index (χ1) is 15.8. The second kappa shape index (κ2) is 9.09. The maximum Gasteiger partial charge on any atom is 0.416 e. The molecule has 0 radical (unpaired) electrons. The summed E-state index contributed by atoms with van der Waals surface area (Å²) < 4.78 is 31.9. The summed E-state index contributed by atoms with van der Waals surface area (Å²) >= 11 is 0. The minimum atomic E-state index is -3.90. The van der Waals surface area contributed by atoms with Gasteiger partial charge in [0.1, 0.15) is 16.8 Å². The van der Waals surface area contributed by atoms with E-state index in [9.17, 15) is 23.1 Å². The summed E-state index contributed by atoms with van der Waals surface area (Å²) in [6.07, 6.45) is 2.15. The summed E-state index contributed by atoms with van der Waals surface area (Å²) in [5.41, 5.74) is -0.819. The third-order valence-corrected chi connectivity index (χ3v) is 6.70.